The second-order valence-corrected chi connectivity index (χ2v) is 4.37. The molecule has 0 amide bonds. The molecule has 1 unspecified atom stereocenters. The zero-order valence-electron chi connectivity index (χ0n) is 9.90. The van der Waals surface area contributed by atoms with Crippen molar-refractivity contribution in [1.29, 1.82) is 0 Å². The number of carbonyl (C=O) groups excluding carboxylic acids is 1. The third-order valence-electron chi connectivity index (χ3n) is 2.63. The fourth-order valence-electron chi connectivity index (χ4n) is 1.58. The SMILES string of the molecule is CC(C)c1ccc(C(C=O)N(C)C)cc1. The lowest BCUT2D eigenvalue weighted by molar-refractivity contribution is -0.111. The van der Waals surface area contributed by atoms with Crippen LogP contribution in [-0.4, -0.2) is 25.3 Å². The van der Waals surface area contributed by atoms with Crippen LogP contribution in [0.25, 0.3) is 0 Å². The summed E-state index contributed by atoms with van der Waals surface area (Å²) < 4.78 is 0. The Hall–Kier alpha value is -1.15. The van der Waals surface area contributed by atoms with Crippen LogP contribution in [-0.2, 0) is 4.79 Å². The lowest BCUT2D eigenvalue weighted by Gasteiger charge is -2.19. The van der Waals surface area contributed by atoms with Gasteiger partial charge in [-0.05, 0) is 31.1 Å². The van der Waals surface area contributed by atoms with Crippen LogP contribution >= 0.6 is 0 Å². The lowest BCUT2D eigenvalue weighted by atomic mass is 9.99. The normalized spacial score (nSPS) is 13.2. The summed E-state index contributed by atoms with van der Waals surface area (Å²) in [4.78, 5) is 12.8. The highest BCUT2D eigenvalue weighted by molar-refractivity contribution is 5.61. The highest BCUT2D eigenvalue weighted by atomic mass is 16.1. The Balaban J connectivity index is 2.92. The summed E-state index contributed by atoms with van der Waals surface area (Å²) in [6.45, 7) is 4.33. The zero-order chi connectivity index (χ0) is 11.4. The van der Waals surface area contributed by atoms with Crippen molar-refractivity contribution in [3.63, 3.8) is 0 Å². The van der Waals surface area contributed by atoms with Gasteiger partial charge in [0.05, 0.1) is 6.04 Å². The minimum atomic E-state index is -0.133. The van der Waals surface area contributed by atoms with Gasteiger partial charge in [0.15, 0.2) is 0 Å². The Morgan fingerprint density at radius 3 is 1.87 bits per heavy atom. The third kappa shape index (κ3) is 2.90. The number of hydrogen-bond donors (Lipinski definition) is 0. The van der Waals surface area contributed by atoms with Gasteiger partial charge in [-0.15, -0.1) is 0 Å². The molecule has 82 valence electrons. The lowest BCUT2D eigenvalue weighted by Crippen LogP contribution is -2.20. The molecule has 0 heterocycles. The summed E-state index contributed by atoms with van der Waals surface area (Å²) in [5, 5.41) is 0. The minimum absolute atomic E-state index is 0.133. The van der Waals surface area contributed by atoms with Crippen LogP contribution in [0, 0.1) is 0 Å². The van der Waals surface area contributed by atoms with E-state index >= 15 is 0 Å². The molecular formula is C13H19NO. The van der Waals surface area contributed by atoms with E-state index in [4.69, 9.17) is 0 Å². The molecule has 0 N–H and O–H groups in total. The number of aldehydes is 1. The molecule has 0 aliphatic heterocycles. The van der Waals surface area contributed by atoms with E-state index in [1.54, 1.807) is 0 Å². The number of likely N-dealkylation sites (N-methyl/N-ethyl adjacent to an activating group) is 1. The molecule has 0 fully saturated rings. The van der Waals surface area contributed by atoms with Gasteiger partial charge in [0.2, 0.25) is 0 Å². The molecule has 2 heteroatoms. The quantitative estimate of drug-likeness (QED) is 0.704. The first-order valence-electron chi connectivity index (χ1n) is 5.28. The summed E-state index contributed by atoms with van der Waals surface area (Å²) in [5.74, 6) is 0.535. The maximum Gasteiger partial charge on any atom is 0.141 e. The van der Waals surface area contributed by atoms with Crippen molar-refractivity contribution in [1.82, 2.24) is 4.90 Å². The van der Waals surface area contributed by atoms with Crippen molar-refractivity contribution < 1.29 is 4.79 Å². The second-order valence-electron chi connectivity index (χ2n) is 4.37. The molecule has 0 aliphatic rings. The van der Waals surface area contributed by atoms with Crippen LogP contribution in [0.2, 0.25) is 0 Å². The van der Waals surface area contributed by atoms with Crippen LogP contribution in [0.5, 0.6) is 0 Å². The van der Waals surface area contributed by atoms with E-state index in [-0.39, 0.29) is 6.04 Å². The molecule has 0 bridgehead atoms. The fraction of sp³-hybridized carbons (Fsp3) is 0.462. The second kappa shape index (κ2) is 5.08. The van der Waals surface area contributed by atoms with E-state index in [0.717, 1.165) is 11.8 Å². The highest BCUT2D eigenvalue weighted by Crippen LogP contribution is 2.20. The number of carbonyl (C=O) groups is 1. The predicted octanol–water partition coefficient (Wildman–Crippen LogP) is 2.61. The molecule has 0 aromatic heterocycles. The summed E-state index contributed by atoms with van der Waals surface area (Å²) in [6.07, 6.45) is 0.977. The van der Waals surface area contributed by atoms with Crippen molar-refractivity contribution in [3.8, 4) is 0 Å². The molecule has 0 saturated heterocycles. The zero-order valence-corrected chi connectivity index (χ0v) is 9.90. The first-order chi connectivity index (χ1) is 7.06. The Labute approximate surface area is 91.9 Å². The molecule has 1 rings (SSSR count). The Kier molecular flexibility index (Phi) is 4.04. The summed E-state index contributed by atoms with van der Waals surface area (Å²) in [6, 6.07) is 8.13. The minimum Gasteiger partial charge on any atom is -0.301 e. The number of rotatable bonds is 4. The summed E-state index contributed by atoms with van der Waals surface area (Å²) in [7, 11) is 3.82. The van der Waals surface area contributed by atoms with Gasteiger partial charge in [-0.3, -0.25) is 4.90 Å². The Morgan fingerprint density at radius 2 is 1.53 bits per heavy atom. The molecule has 15 heavy (non-hydrogen) atoms. The smallest absolute Gasteiger partial charge is 0.141 e. The van der Waals surface area contributed by atoms with Crippen molar-refractivity contribution in [2.75, 3.05) is 14.1 Å². The first kappa shape index (κ1) is 11.9. The van der Waals surface area contributed by atoms with Gasteiger partial charge >= 0.3 is 0 Å². The monoisotopic (exact) mass is 205 g/mol. The molecule has 0 radical (unpaired) electrons. The van der Waals surface area contributed by atoms with Gasteiger partial charge in [0, 0.05) is 0 Å². The van der Waals surface area contributed by atoms with Crippen molar-refractivity contribution in [2.45, 2.75) is 25.8 Å². The average molecular weight is 205 g/mol. The fourth-order valence-corrected chi connectivity index (χ4v) is 1.58. The molecule has 1 aromatic carbocycles. The maximum atomic E-state index is 10.9. The Morgan fingerprint density at radius 1 is 1.07 bits per heavy atom. The van der Waals surface area contributed by atoms with Gasteiger partial charge < -0.3 is 4.79 Å². The van der Waals surface area contributed by atoms with Crippen LogP contribution in [0.1, 0.15) is 36.9 Å². The van der Waals surface area contributed by atoms with Gasteiger partial charge in [-0.2, -0.15) is 0 Å². The van der Waals surface area contributed by atoms with E-state index in [1.807, 2.05) is 31.1 Å². The van der Waals surface area contributed by atoms with Gasteiger partial charge in [0.25, 0.3) is 0 Å². The van der Waals surface area contributed by atoms with E-state index in [0.29, 0.717) is 5.92 Å². The molecule has 0 spiro atoms. The standard InChI is InChI=1S/C13H19NO/c1-10(2)11-5-7-12(8-6-11)13(9-15)14(3)4/h5-10,13H,1-4H3. The number of benzene rings is 1. The van der Waals surface area contributed by atoms with E-state index in [2.05, 4.69) is 26.0 Å². The Bertz CT molecular complexity index is 314. The maximum absolute atomic E-state index is 10.9. The topological polar surface area (TPSA) is 20.3 Å². The molecule has 1 aromatic rings. The van der Waals surface area contributed by atoms with Gasteiger partial charge in [0.1, 0.15) is 6.29 Å². The van der Waals surface area contributed by atoms with Crippen molar-refractivity contribution in [2.24, 2.45) is 0 Å². The van der Waals surface area contributed by atoms with Crippen molar-refractivity contribution >= 4 is 6.29 Å². The molecular weight excluding hydrogens is 186 g/mol. The van der Waals surface area contributed by atoms with Crippen LogP contribution < -0.4 is 0 Å². The van der Waals surface area contributed by atoms with Gasteiger partial charge in [-0.1, -0.05) is 38.1 Å². The van der Waals surface area contributed by atoms with Crippen LogP contribution in [0.15, 0.2) is 24.3 Å². The predicted molar refractivity (Wildman–Crippen MR) is 63.0 cm³/mol. The van der Waals surface area contributed by atoms with Crippen LogP contribution in [0.3, 0.4) is 0 Å². The number of hydrogen-bond acceptors (Lipinski definition) is 2. The molecule has 0 saturated carbocycles. The highest BCUT2D eigenvalue weighted by Gasteiger charge is 2.12. The van der Waals surface area contributed by atoms with E-state index in [1.165, 1.54) is 5.56 Å². The van der Waals surface area contributed by atoms with Gasteiger partial charge in [-0.25, -0.2) is 0 Å². The molecule has 2 nitrogen and oxygen atoms in total. The average Bonchev–Trinajstić information content (AvgIpc) is 2.19. The number of nitrogens with zero attached hydrogens (tertiary/aromatic N) is 1. The van der Waals surface area contributed by atoms with Crippen LogP contribution in [0.4, 0.5) is 0 Å². The molecule has 1 atom stereocenters. The van der Waals surface area contributed by atoms with Crippen molar-refractivity contribution in [3.05, 3.63) is 35.4 Å². The largest absolute Gasteiger partial charge is 0.301 e. The third-order valence-corrected chi connectivity index (χ3v) is 2.63. The summed E-state index contributed by atoms with van der Waals surface area (Å²) in [5.41, 5.74) is 2.36. The molecule has 0 aliphatic carbocycles. The van der Waals surface area contributed by atoms with E-state index in [9.17, 15) is 4.79 Å². The van der Waals surface area contributed by atoms with E-state index < -0.39 is 0 Å². The first-order valence-corrected chi connectivity index (χ1v) is 5.28. The summed E-state index contributed by atoms with van der Waals surface area (Å²) >= 11 is 0.